The van der Waals surface area contributed by atoms with Gasteiger partial charge in [0.15, 0.2) is 0 Å². The van der Waals surface area contributed by atoms with Gasteiger partial charge in [0.05, 0.1) is 0 Å². The van der Waals surface area contributed by atoms with Crippen LogP contribution in [0, 0.1) is 6.92 Å². The van der Waals surface area contributed by atoms with E-state index in [4.69, 9.17) is 10.5 Å². The lowest BCUT2D eigenvalue weighted by molar-refractivity contribution is 0.102. The van der Waals surface area contributed by atoms with E-state index in [2.05, 4.69) is 5.32 Å². The summed E-state index contributed by atoms with van der Waals surface area (Å²) >= 11 is 0. The predicted octanol–water partition coefficient (Wildman–Crippen LogP) is 2.58. The summed E-state index contributed by atoms with van der Waals surface area (Å²) in [6.45, 7) is 2.82. The van der Waals surface area contributed by atoms with Crippen molar-refractivity contribution < 1.29 is 9.53 Å². The molecule has 0 bridgehead atoms. The second kappa shape index (κ2) is 6.73. The zero-order valence-electron chi connectivity index (χ0n) is 11.4. The number of aryl methyl sites for hydroxylation is 1. The van der Waals surface area contributed by atoms with Crippen molar-refractivity contribution in [3.05, 3.63) is 59.7 Å². The van der Waals surface area contributed by atoms with Crippen LogP contribution in [0.15, 0.2) is 48.5 Å². The van der Waals surface area contributed by atoms with Gasteiger partial charge in [-0.15, -0.1) is 0 Å². The molecule has 4 heteroatoms. The van der Waals surface area contributed by atoms with Crippen molar-refractivity contribution in [3.63, 3.8) is 0 Å². The highest BCUT2D eigenvalue weighted by atomic mass is 16.5. The van der Waals surface area contributed by atoms with Crippen LogP contribution in [0.2, 0.25) is 0 Å². The summed E-state index contributed by atoms with van der Waals surface area (Å²) in [6.07, 6.45) is 0. The number of amides is 1. The molecule has 0 aromatic heterocycles. The molecule has 3 N–H and O–H groups in total. The molecule has 0 aliphatic carbocycles. The van der Waals surface area contributed by atoms with Crippen molar-refractivity contribution in [1.29, 1.82) is 0 Å². The van der Waals surface area contributed by atoms with Gasteiger partial charge in [-0.1, -0.05) is 24.3 Å². The van der Waals surface area contributed by atoms with Crippen molar-refractivity contribution in [2.45, 2.75) is 6.92 Å². The maximum Gasteiger partial charge on any atom is 0.255 e. The lowest BCUT2D eigenvalue weighted by Gasteiger charge is -2.09. The Morgan fingerprint density at radius 2 is 2.00 bits per heavy atom. The Labute approximate surface area is 118 Å². The zero-order valence-corrected chi connectivity index (χ0v) is 11.4. The summed E-state index contributed by atoms with van der Waals surface area (Å²) < 4.78 is 5.43. The van der Waals surface area contributed by atoms with E-state index < -0.39 is 0 Å². The van der Waals surface area contributed by atoms with Crippen LogP contribution in [-0.2, 0) is 0 Å². The number of nitrogens with two attached hydrogens (primary N) is 1. The highest BCUT2D eigenvalue weighted by Crippen LogP contribution is 2.18. The third-order valence-electron chi connectivity index (χ3n) is 2.87. The Bertz CT molecular complexity index is 597. The normalized spacial score (nSPS) is 10.1. The van der Waals surface area contributed by atoms with Crippen molar-refractivity contribution in [2.24, 2.45) is 5.73 Å². The van der Waals surface area contributed by atoms with Crippen molar-refractivity contribution in [2.75, 3.05) is 18.5 Å². The summed E-state index contributed by atoms with van der Waals surface area (Å²) in [5.74, 6) is 0.567. The molecule has 0 heterocycles. The van der Waals surface area contributed by atoms with Gasteiger partial charge in [0.2, 0.25) is 0 Å². The SMILES string of the molecule is Cc1ccccc1C(=O)Nc1cccc(OCCN)c1. The van der Waals surface area contributed by atoms with Crippen molar-refractivity contribution in [3.8, 4) is 5.75 Å². The Kier molecular flexibility index (Phi) is 4.74. The van der Waals surface area contributed by atoms with Crippen molar-refractivity contribution >= 4 is 11.6 Å². The molecule has 0 fully saturated rings. The highest BCUT2D eigenvalue weighted by Gasteiger charge is 2.08. The smallest absolute Gasteiger partial charge is 0.255 e. The fraction of sp³-hybridized carbons (Fsp3) is 0.188. The highest BCUT2D eigenvalue weighted by molar-refractivity contribution is 6.05. The van der Waals surface area contributed by atoms with E-state index in [-0.39, 0.29) is 5.91 Å². The molecule has 0 atom stereocenters. The maximum absolute atomic E-state index is 12.2. The Hall–Kier alpha value is -2.33. The predicted molar refractivity (Wildman–Crippen MR) is 80.1 cm³/mol. The number of nitrogens with one attached hydrogen (secondary N) is 1. The van der Waals surface area contributed by atoms with Gasteiger partial charge in [-0.3, -0.25) is 4.79 Å². The lowest BCUT2D eigenvalue weighted by Crippen LogP contribution is -2.14. The van der Waals surface area contributed by atoms with E-state index in [1.807, 2.05) is 43.3 Å². The molecule has 2 aromatic rings. The second-order valence-corrected chi connectivity index (χ2v) is 4.43. The molecule has 0 aliphatic heterocycles. The molecule has 2 rings (SSSR count). The third-order valence-corrected chi connectivity index (χ3v) is 2.87. The minimum atomic E-state index is -0.126. The molecule has 0 saturated carbocycles. The minimum Gasteiger partial charge on any atom is -0.492 e. The number of benzene rings is 2. The van der Waals surface area contributed by atoms with E-state index in [9.17, 15) is 4.79 Å². The van der Waals surface area contributed by atoms with Gasteiger partial charge in [0, 0.05) is 23.9 Å². The number of carbonyl (C=O) groups is 1. The number of carbonyl (C=O) groups excluding carboxylic acids is 1. The first-order chi connectivity index (χ1) is 9.70. The van der Waals surface area contributed by atoms with Gasteiger partial charge in [0.1, 0.15) is 12.4 Å². The van der Waals surface area contributed by atoms with E-state index in [0.717, 1.165) is 5.56 Å². The van der Waals surface area contributed by atoms with E-state index in [1.165, 1.54) is 0 Å². The largest absolute Gasteiger partial charge is 0.492 e. The second-order valence-electron chi connectivity index (χ2n) is 4.43. The fourth-order valence-electron chi connectivity index (χ4n) is 1.87. The average Bonchev–Trinajstić information content (AvgIpc) is 2.46. The van der Waals surface area contributed by atoms with Crippen LogP contribution in [0.5, 0.6) is 5.75 Å². The number of hydrogen-bond acceptors (Lipinski definition) is 3. The van der Waals surface area contributed by atoms with E-state index in [0.29, 0.717) is 30.2 Å². The monoisotopic (exact) mass is 270 g/mol. The summed E-state index contributed by atoms with van der Waals surface area (Å²) in [7, 11) is 0. The topological polar surface area (TPSA) is 64.3 Å². The first kappa shape index (κ1) is 14.1. The van der Waals surface area contributed by atoms with Gasteiger partial charge < -0.3 is 15.8 Å². The average molecular weight is 270 g/mol. The van der Waals surface area contributed by atoms with E-state index >= 15 is 0 Å². The van der Waals surface area contributed by atoms with Crippen molar-refractivity contribution in [1.82, 2.24) is 0 Å². The number of anilines is 1. The summed E-state index contributed by atoms with van der Waals surface area (Å²) in [4.78, 5) is 12.2. The quantitative estimate of drug-likeness (QED) is 0.877. The van der Waals surface area contributed by atoms with Crippen LogP contribution in [0.25, 0.3) is 0 Å². The molecule has 104 valence electrons. The van der Waals surface area contributed by atoms with Crippen LogP contribution < -0.4 is 15.8 Å². The molecule has 0 saturated heterocycles. The van der Waals surface area contributed by atoms with Gasteiger partial charge in [-0.05, 0) is 30.7 Å². The third kappa shape index (κ3) is 3.59. The molecular weight excluding hydrogens is 252 g/mol. The van der Waals surface area contributed by atoms with Crippen LogP contribution in [-0.4, -0.2) is 19.1 Å². The van der Waals surface area contributed by atoms with Gasteiger partial charge in [-0.25, -0.2) is 0 Å². The molecule has 0 unspecified atom stereocenters. The molecule has 1 amide bonds. The molecule has 2 aromatic carbocycles. The number of hydrogen-bond donors (Lipinski definition) is 2. The molecular formula is C16H18N2O2. The first-order valence-corrected chi connectivity index (χ1v) is 6.50. The van der Waals surface area contributed by atoms with Gasteiger partial charge in [-0.2, -0.15) is 0 Å². The van der Waals surface area contributed by atoms with E-state index in [1.54, 1.807) is 12.1 Å². The minimum absolute atomic E-state index is 0.126. The first-order valence-electron chi connectivity index (χ1n) is 6.50. The standard InChI is InChI=1S/C16H18N2O2/c1-12-5-2-3-8-15(12)16(19)18-13-6-4-7-14(11-13)20-10-9-17/h2-8,11H,9-10,17H2,1H3,(H,18,19). The summed E-state index contributed by atoms with van der Waals surface area (Å²) in [5.41, 5.74) is 7.71. The summed E-state index contributed by atoms with van der Waals surface area (Å²) in [5, 5.41) is 2.87. The van der Waals surface area contributed by atoms with Crippen LogP contribution in [0.3, 0.4) is 0 Å². The maximum atomic E-state index is 12.2. The molecule has 4 nitrogen and oxygen atoms in total. The Morgan fingerprint density at radius 3 is 2.75 bits per heavy atom. The summed E-state index contributed by atoms with van der Waals surface area (Å²) in [6, 6.07) is 14.8. The lowest BCUT2D eigenvalue weighted by atomic mass is 10.1. The number of ether oxygens (including phenoxy) is 1. The van der Waals surface area contributed by atoms with Crippen LogP contribution in [0.1, 0.15) is 15.9 Å². The molecule has 0 spiro atoms. The molecule has 20 heavy (non-hydrogen) atoms. The molecule has 0 radical (unpaired) electrons. The van der Waals surface area contributed by atoms with Gasteiger partial charge in [0.25, 0.3) is 5.91 Å². The number of rotatable bonds is 5. The Balaban J connectivity index is 2.10. The fourth-order valence-corrected chi connectivity index (χ4v) is 1.87. The van der Waals surface area contributed by atoms with Crippen LogP contribution in [0.4, 0.5) is 5.69 Å². The Morgan fingerprint density at radius 1 is 1.20 bits per heavy atom. The van der Waals surface area contributed by atoms with Crippen LogP contribution >= 0.6 is 0 Å². The zero-order chi connectivity index (χ0) is 14.4. The molecule has 0 aliphatic rings. The van der Waals surface area contributed by atoms with Gasteiger partial charge >= 0.3 is 0 Å².